The Morgan fingerprint density at radius 2 is 2.00 bits per heavy atom. The molecule has 1 aliphatic carbocycles. The first kappa shape index (κ1) is 12.0. The third-order valence-corrected chi connectivity index (χ3v) is 3.27. The van der Waals surface area contributed by atoms with E-state index < -0.39 is 5.97 Å². The maximum absolute atomic E-state index is 11.5. The lowest BCUT2D eigenvalue weighted by atomic mass is 9.86. The molecular formula is C13H18N2O2. The lowest BCUT2D eigenvalue weighted by Crippen LogP contribution is -2.13. The van der Waals surface area contributed by atoms with Gasteiger partial charge in [0, 0.05) is 17.3 Å². The molecule has 17 heavy (non-hydrogen) atoms. The Hall–Kier alpha value is -1.45. The molecule has 2 rings (SSSR count). The Morgan fingerprint density at radius 3 is 2.65 bits per heavy atom. The first-order valence-electron chi connectivity index (χ1n) is 6.14. The first-order valence-corrected chi connectivity index (χ1v) is 6.14. The second kappa shape index (κ2) is 5.25. The molecule has 1 aliphatic rings. The van der Waals surface area contributed by atoms with Gasteiger partial charge in [-0.2, -0.15) is 0 Å². The van der Waals surface area contributed by atoms with Crippen molar-refractivity contribution in [2.24, 2.45) is 0 Å². The fourth-order valence-electron chi connectivity index (χ4n) is 2.38. The number of aryl methyl sites for hydroxylation is 1. The number of hydrogen-bond donors (Lipinski definition) is 0. The standard InChI is InChI=1S/C13H18N2O2/c1-9-8-11(10-6-4-3-5-7-10)15-12(14-9)13(16)17-2/h8,10H,3-7H2,1-2H3. The van der Waals surface area contributed by atoms with E-state index in [-0.39, 0.29) is 5.82 Å². The van der Waals surface area contributed by atoms with Crippen molar-refractivity contribution >= 4 is 5.97 Å². The van der Waals surface area contributed by atoms with E-state index in [1.807, 2.05) is 13.0 Å². The van der Waals surface area contributed by atoms with E-state index in [2.05, 4.69) is 14.7 Å². The van der Waals surface area contributed by atoms with E-state index in [0.717, 1.165) is 24.2 Å². The van der Waals surface area contributed by atoms with Gasteiger partial charge in [0.05, 0.1) is 7.11 Å². The van der Waals surface area contributed by atoms with Crippen LogP contribution < -0.4 is 0 Å². The molecule has 1 heterocycles. The topological polar surface area (TPSA) is 52.1 Å². The van der Waals surface area contributed by atoms with Crippen LogP contribution in [0.15, 0.2) is 6.07 Å². The highest BCUT2D eigenvalue weighted by atomic mass is 16.5. The minimum Gasteiger partial charge on any atom is -0.463 e. The van der Waals surface area contributed by atoms with Crippen LogP contribution in [0.5, 0.6) is 0 Å². The molecule has 0 bridgehead atoms. The van der Waals surface area contributed by atoms with Crippen LogP contribution in [0.25, 0.3) is 0 Å². The number of aromatic nitrogens is 2. The van der Waals surface area contributed by atoms with Crippen molar-refractivity contribution in [3.05, 3.63) is 23.3 Å². The van der Waals surface area contributed by atoms with Gasteiger partial charge in [-0.05, 0) is 25.8 Å². The predicted molar refractivity (Wildman–Crippen MR) is 63.9 cm³/mol. The molecule has 0 atom stereocenters. The Labute approximate surface area is 101 Å². The summed E-state index contributed by atoms with van der Waals surface area (Å²) in [4.78, 5) is 19.9. The van der Waals surface area contributed by atoms with Crippen molar-refractivity contribution in [3.8, 4) is 0 Å². The largest absolute Gasteiger partial charge is 0.463 e. The minimum atomic E-state index is -0.453. The number of esters is 1. The molecule has 1 aromatic rings. The van der Waals surface area contributed by atoms with E-state index in [9.17, 15) is 4.79 Å². The number of rotatable bonds is 2. The van der Waals surface area contributed by atoms with Crippen molar-refractivity contribution in [1.29, 1.82) is 0 Å². The van der Waals surface area contributed by atoms with Crippen LogP contribution in [0.3, 0.4) is 0 Å². The van der Waals surface area contributed by atoms with Gasteiger partial charge in [0.15, 0.2) is 0 Å². The van der Waals surface area contributed by atoms with Crippen molar-refractivity contribution in [2.45, 2.75) is 44.9 Å². The Bertz CT molecular complexity index is 412. The highest BCUT2D eigenvalue weighted by Gasteiger charge is 2.19. The summed E-state index contributed by atoms with van der Waals surface area (Å²) in [5, 5.41) is 0. The molecule has 0 aliphatic heterocycles. The normalized spacial score (nSPS) is 16.8. The fourth-order valence-corrected chi connectivity index (χ4v) is 2.38. The van der Waals surface area contributed by atoms with Gasteiger partial charge in [0.2, 0.25) is 5.82 Å². The molecule has 0 aromatic carbocycles. The quantitative estimate of drug-likeness (QED) is 0.738. The highest BCUT2D eigenvalue weighted by molar-refractivity contribution is 5.85. The summed E-state index contributed by atoms with van der Waals surface area (Å²) in [5.74, 6) is 0.215. The van der Waals surface area contributed by atoms with Crippen LogP contribution >= 0.6 is 0 Å². The molecule has 92 valence electrons. The van der Waals surface area contributed by atoms with Gasteiger partial charge in [-0.1, -0.05) is 19.3 Å². The second-order valence-electron chi connectivity index (χ2n) is 4.58. The van der Waals surface area contributed by atoms with Gasteiger partial charge in [-0.3, -0.25) is 0 Å². The summed E-state index contributed by atoms with van der Waals surface area (Å²) in [7, 11) is 1.36. The van der Waals surface area contributed by atoms with Crippen LogP contribution in [0.1, 0.15) is 60.0 Å². The van der Waals surface area contributed by atoms with E-state index in [1.54, 1.807) is 0 Å². The molecule has 0 amide bonds. The number of methoxy groups -OCH3 is 1. The van der Waals surface area contributed by atoms with Crippen molar-refractivity contribution < 1.29 is 9.53 Å². The molecule has 1 aromatic heterocycles. The van der Waals surface area contributed by atoms with Gasteiger partial charge in [-0.15, -0.1) is 0 Å². The predicted octanol–water partition coefficient (Wildman–Crippen LogP) is 2.62. The van der Waals surface area contributed by atoms with Crippen LogP contribution in [-0.4, -0.2) is 23.0 Å². The molecule has 4 nitrogen and oxygen atoms in total. The highest BCUT2D eigenvalue weighted by Crippen LogP contribution is 2.31. The van der Waals surface area contributed by atoms with Crippen LogP contribution in [0.4, 0.5) is 0 Å². The third-order valence-electron chi connectivity index (χ3n) is 3.27. The summed E-state index contributed by atoms with van der Waals surface area (Å²) < 4.78 is 4.67. The second-order valence-corrected chi connectivity index (χ2v) is 4.58. The van der Waals surface area contributed by atoms with Crippen molar-refractivity contribution in [3.63, 3.8) is 0 Å². The SMILES string of the molecule is COC(=O)c1nc(C)cc(C2CCCCC2)n1. The molecule has 1 saturated carbocycles. The molecule has 0 saturated heterocycles. The van der Waals surface area contributed by atoms with Gasteiger partial charge < -0.3 is 4.74 Å². The zero-order valence-corrected chi connectivity index (χ0v) is 10.4. The Kier molecular flexibility index (Phi) is 3.71. The summed E-state index contributed by atoms with van der Waals surface area (Å²) >= 11 is 0. The van der Waals surface area contributed by atoms with Gasteiger partial charge in [0.1, 0.15) is 0 Å². The summed E-state index contributed by atoms with van der Waals surface area (Å²) in [6, 6.07) is 1.99. The number of carbonyl (C=O) groups is 1. The molecule has 0 N–H and O–H groups in total. The van der Waals surface area contributed by atoms with E-state index >= 15 is 0 Å². The lowest BCUT2D eigenvalue weighted by Gasteiger charge is -2.21. The molecule has 4 heteroatoms. The average molecular weight is 234 g/mol. The molecule has 0 unspecified atom stereocenters. The maximum Gasteiger partial charge on any atom is 0.376 e. The molecule has 0 radical (unpaired) electrons. The minimum absolute atomic E-state index is 0.188. The Balaban J connectivity index is 2.27. The number of nitrogens with zero attached hydrogens (tertiary/aromatic N) is 2. The zero-order chi connectivity index (χ0) is 12.3. The summed E-state index contributed by atoms with van der Waals surface area (Å²) in [5.41, 5.74) is 1.83. The monoisotopic (exact) mass is 234 g/mol. The van der Waals surface area contributed by atoms with Crippen LogP contribution in [0.2, 0.25) is 0 Å². The van der Waals surface area contributed by atoms with E-state index in [4.69, 9.17) is 0 Å². The maximum atomic E-state index is 11.5. The zero-order valence-electron chi connectivity index (χ0n) is 10.4. The van der Waals surface area contributed by atoms with E-state index in [1.165, 1.54) is 26.4 Å². The van der Waals surface area contributed by atoms with E-state index in [0.29, 0.717) is 5.92 Å². The fraction of sp³-hybridized carbons (Fsp3) is 0.615. The van der Waals surface area contributed by atoms with Gasteiger partial charge in [0.25, 0.3) is 0 Å². The average Bonchev–Trinajstić information content (AvgIpc) is 2.38. The van der Waals surface area contributed by atoms with Crippen molar-refractivity contribution in [1.82, 2.24) is 9.97 Å². The van der Waals surface area contributed by atoms with Crippen molar-refractivity contribution in [2.75, 3.05) is 7.11 Å². The number of hydrogen-bond acceptors (Lipinski definition) is 4. The van der Waals surface area contributed by atoms with Gasteiger partial charge >= 0.3 is 5.97 Å². The smallest absolute Gasteiger partial charge is 0.376 e. The number of ether oxygens (including phenoxy) is 1. The van der Waals surface area contributed by atoms with Crippen LogP contribution in [0, 0.1) is 6.92 Å². The lowest BCUT2D eigenvalue weighted by molar-refractivity contribution is 0.0585. The molecule has 1 fully saturated rings. The number of carbonyl (C=O) groups excluding carboxylic acids is 1. The van der Waals surface area contributed by atoms with Crippen LogP contribution in [-0.2, 0) is 4.74 Å². The summed E-state index contributed by atoms with van der Waals surface area (Å²) in [6.07, 6.45) is 6.14. The molecule has 0 spiro atoms. The summed E-state index contributed by atoms with van der Waals surface area (Å²) in [6.45, 7) is 1.89. The Morgan fingerprint density at radius 1 is 1.29 bits per heavy atom. The first-order chi connectivity index (χ1) is 8.20. The van der Waals surface area contributed by atoms with Gasteiger partial charge in [-0.25, -0.2) is 14.8 Å². The molecular weight excluding hydrogens is 216 g/mol. The third kappa shape index (κ3) is 2.81.